The second-order valence-electron chi connectivity index (χ2n) is 15.2. The molecule has 1 spiro atoms. The van der Waals surface area contributed by atoms with E-state index in [-0.39, 0.29) is 30.0 Å². The summed E-state index contributed by atoms with van der Waals surface area (Å²) in [7, 11) is -4.13. The number of halogens is 2. The van der Waals surface area contributed by atoms with Crippen molar-refractivity contribution in [1.29, 1.82) is 0 Å². The van der Waals surface area contributed by atoms with Crippen LogP contribution in [-0.4, -0.2) is 99.4 Å². The number of allylic oxidation sites excluding steroid dienone is 1. The number of rotatable bonds is 1. The third-order valence-corrected chi connectivity index (χ3v) is 14.0. The highest BCUT2D eigenvalue weighted by atomic mass is 35.5. The van der Waals surface area contributed by atoms with Crippen LogP contribution in [-0.2, 0) is 31.4 Å². The Bertz CT molecular complexity index is 1820. The number of carbonyl (C=O) groups excluding carboxylic acids is 2. The molecule has 276 valence electrons. The lowest BCUT2D eigenvalue weighted by Crippen LogP contribution is -2.57. The number of amides is 2. The van der Waals surface area contributed by atoms with Crippen molar-refractivity contribution in [1.82, 2.24) is 14.5 Å². The van der Waals surface area contributed by atoms with Crippen LogP contribution in [0.5, 0.6) is 5.75 Å². The number of fused-ring (bicyclic) bond motifs is 4. The summed E-state index contributed by atoms with van der Waals surface area (Å²) in [5, 5.41) is -0.323. The first-order valence-corrected chi connectivity index (χ1v) is 20.2. The van der Waals surface area contributed by atoms with Gasteiger partial charge in [-0.2, -0.15) is 0 Å². The summed E-state index contributed by atoms with van der Waals surface area (Å²) in [6, 6.07) is 9.56. The highest BCUT2D eigenvalue weighted by Crippen LogP contribution is 2.45. The first-order valence-electron chi connectivity index (χ1n) is 18.2. The molecule has 4 aliphatic heterocycles. The number of carbonyl (C=O) groups is 2. The number of sulfonamides is 1. The topological polar surface area (TPSA) is 108 Å². The zero-order chi connectivity index (χ0) is 36.1. The van der Waals surface area contributed by atoms with E-state index in [9.17, 15) is 18.0 Å². The number of benzene rings is 2. The van der Waals surface area contributed by atoms with E-state index < -0.39 is 44.4 Å². The third-order valence-electron chi connectivity index (χ3n) is 11.8. The summed E-state index contributed by atoms with van der Waals surface area (Å²) in [5.74, 6) is -1.56. The number of nitrogens with one attached hydrogen (secondary N) is 1. The number of morpholine rings is 1. The normalized spacial score (nSPS) is 32.5. The molecule has 51 heavy (non-hydrogen) atoms. The maximum atomic E-state index is 16.7. The molecular formula is C38H48ClFN4O6S. The highest BCUT2D eigenvalue weighted by Gasteiger charge is 2.46. The van der Waals surface area contributed by atoms with Gasteiger partial charge in [0.05, 0.1) is 36.8 Å². The fourth-order valence-electron chi connectivity index (χ4n) is 8.72. The van der Waals surface area contributed by atoms with Crippen molar-refractivity contribution in [3.63, 3.8) is 0 Å². The van der Waals surface area contributed by atoms with Crippen LogP contribution in [0, 0.1) is 5.92 Å². The van der Waals surface area contributed by atoms with Crippen molar-refractivity contribution in [2.75, 3.05) is 50.9 Å². The molecule has 2 aromatic carbocycles. The van der Waals surface area contributed by atoms with Crippen LogP contribution in [0.15, 0.2) is 48.3 Å². The van der Waals surface area contributed by atoms with E-state index >= 15 is 4.39 Å². The van der Waals surface area contributed by atoms with Gasteiger partial charge < -0.3 is 19.3 Å². The van der Waals surface area contributed by atoms with Crippen molar-refractivity contribution >= 4 is 39.1 Å². The maximum absolute atomic E-state index is 16.7. The Hall–Kier alpha value is -3.19. The van der Waals surface area contributed by atoms with Crippen LogP contribution in [0.3, 0.4) is 0 Å². The second-order valence-corrected chi connectivity index (χ2v) is 17.6. The average Bonchev–Trinajstić information content (AvgIpc) is 3.49. The Balaban J connectivity index is 1.34. The van der Waals surface area contributed by atoms with Crippen molar-refractivity contribution in [3.8, 4) is 5.75 Å². The van der Waals surface area contributed by atoms with Gasteiger partial charge in [-0.1, -0.05) is 30.7 Å². The lowest BCUT2D eigenvalue weighted by molar-refractivity contribution is -0.144. The minimum Gasteiger partial charge on any atom is -0.490 e. The van der Waals surface area contributed by atoms with Gasteiger partial charge in [-0.05, 0) is 106 Å². The molecule has 2 fully saturated rings. The zero-order valence-electron chi connectivity index (χ0n) is 29.6. The van der Waals surface area contributed by atoms with E-state index in [1.54, 1.807) is 30.0 Å². The Labute approximate surface area is 305 Å². The Morgan fingerprint density at radius 1 is 1.10 bits per heavy atom. The molecule has 6 atom stereocenters. The Morgan fingerprint density at radius 3 is 2.73 bits per heavy atom. The quantitative estimate of drug-likeness (QED) is 0.423. The summed E-state index contributed by atoms with van der Waals surface area (Å²) < 4.78 is 58.2. The molecule has 7 rings (SSSR count). The summed E-state index contributed by atoms with van der Waals surface area (Å²) >= 11 is 6.45. The molecule has 0 radical (unpaired) electrons. The standard InChI is InChI=1S/C38H48ClFN4O6S/c1-24-8-12-32(40)35(37(46)43-16-17-49-21-25(43)2)44-15-5-7-30(44)20-42-22-38(14-4-6-27-18-29(39)10-11-31(27)38)23-50-34-13-9-28(19-33(34)42)36(45)41-51(47,48)26(24)3/h9-13,18-19,24-26,30,35H,4-8,14-17,20-23H2,1-3H3,(H,41,45)/b32-12-/t24-,25-,26+,30-,35+,38-/m0/s1. The van der Waals surface area contributed by atoms with Crippen LogP contribution in [0.4, 0.5) is 10.1 Å². The summed E-state index contributed by atoms with van der Waals surface area (Å²) in [4.78, 5) is 34.0. The van der Waals surface area contributed by atoms with Gasteiger partial charge in [0.1, 0.15) is 17.6 Å². The zero-order valence-corrected chi connectivity index (χ0v) is 31.1. The van der Waals surface area contributed by atoms with Gasteiger partial charge in [0.2, 0.25) is 15.9 Å². The van der Waals surface area contributed by atoms with Crippen LogP contribution < -0.4 is 14.4 Å². The van der Waals surface area contributed by atoms with E-state index in [2.05, 4.69) is 15.7 Å². The molecule has 0 saturated carbocycles. The molecule has 0 aromatic heterocycles. The predicted molar refractivity (Wildman–Crippen MR) is 195 cm³/mol. The largest absolute Gasteiger partial charge is 0.490 e. The van der Waals surface area contributed by atoms with E-state index in [0.717, 1.165) is 32.1 Å². The number of hydrogen-bond donors (Lipinski definition) is 1. The van der Waals surface area contributed by atoms with Gasteiger partial charge >= 0.3 is 0 Å². The summed E-state index contributed by atoms with van der Waals surface area (Å²) in [6.07, 6.45) is 5.74. The van der Waals surface area contributed by atoms with Crippen molar-refractivity contribution in [2.24, 2.45) is 5.92 Å². The molecule has 5 aliphatic rings. The van der Waals surface area contributed by atoms with Crippen LogP contribution in [0.1, 0.15) is 74.4 Å². The Morgan fingerprint density at radius 2 is 1.92 bits per heavy atom. The SMILES string of the molecule is C[C@@H]1[C@@H](C)C/C=C(\F)[C@H](C(=O)N2CCOC[C@@H]2C)N2CCC[C@H]2CN2C[C@@]3(CCCc4cc(Cl)ccc43)COc3ccc(cc32)C(=O)NS1(=O)=O. The first kappa shape index (κ1) is 36.2. The van der Waals surface area contributed by atoms with Crippen molar-refractivity contribution in [3.05, 3.63) is 70.0 Å². The molecule has 10 nitrogen and oxygen atoms in total. The smallest absolute Gasteiger partial charge is 0.264 e. The Kier molecular flexibility index (Phi) is 10.2. The van der Waals surface area contributed by atoms with Gasteiger partial charge in [-0.15, -0.1) is 0 Å². The van der Waals surface area contributed by atoms with E-state index in [0.29, 0.717) is 62.5 Å². The molecular weight excluding hydrogens is 695 g/mol. The molecule has 4 heterocycles. The van der Waals surface area contributed by atoms with Crippen molar-refractivity contribution < 1.29 is 31.9 Å². The molecule has 13 heteroatoms. The number of hydrogen-bond acceptors (Lipinski definition) is 8. The molecule has 2 bridgehead atoms. The maximum Gasteiger partial charge on any atom is 0.264 e. The van der Waals surface area contributed by atoms with E-state index in [1.165, 1.54) is 24.1 Å². The average molecular weight is 743 g/mol. The lowest BCUT2D eigenvalue weighted by Gasteiger charge is -2.43. The highest BCUT2D eigenvalue weighted by molar-refractivity contribution is 7.90. The fraction of sp³-hybridized carbons (Fsp3) is 0.579. The monoisotopic (exact) mass is 742 g/mol. The number of ether oxygens (including phenoxy) is 2. The van der Waals surface area contributed by atoms with Gasteiger partial charge in [-0.3, -0.25) is 14.5 Å². The summed E-state index contributed by atoms with van der Waals surface area (Å²) in [5.41, 5.74) is 2.83. The van der Waals surface area contributed by atoms with Gasteiger partial charge in [0.25, 0.3) is 5.91 Å². The number of anilines is 1. The van der Waals surface area contributed by atoms with E-state index in [4.69, 9.17) is 21.1 Å². The van der Waals surface area contributed by atoms with Gasteiger partial charge in [0.15, 0.2) is 0 Å². The van der Waals surface area contributed by atoms with Gasteiger partial charge in [0, 0.05) is 41.7 Å². The van der Waals surface area contributed by atoms with Crippen molar-refractivity contribution in [2.45, 2.75) is 88.1 Å². The number of nitrogens with zero attached hydrogens (tertiary/aromatic N) is 3. The molecule has 0 unspecified atom stereocenters. The third kappa shape index (κ3) is 7.01. The van der Waals surface area contributed by atoms with E-state index in [1.807, 2.05) is 24.0 Å². The first-order chi connectivity index (χ1) is 24.4. The van der Waals surface area contributed by atoms with Gasteiger partial charge in [-0.25, -0.2) is 17.5 Å². The molecule has 2 saturated heterocycles. The molecule has 2 aromatic rings. The number of aryl methyl sites for hydroxylation is 1. The molecule has 1 aliphatic carbocycles. The summed E-state index contributed by atoms with van der Waals surface area (Å²) in [6.45, 7) is 8.23. The molecule has 2 amide bonds. The molecule has 1 N–H and O–H groups in total. The predicted octanol–water partition coefficient (Wildman–Crippen LogP) is 5.23. The van der Waals surface area contributed by atoms with Crippen LogP contribution >= 0.6 is 11.6 Å². The lowest BCUT2D eigenvalue weighted by atomic mass is 9.70. The fourth-order valence-corrected chi connectivity index (χ4v) is 10.2. The minimum absolute atomic E-state index is 0.0807. The van der Waals surface area contributed by atoms with Crippen LogP contribution in [0.25, 0.3) is 0 Å². The minimum atomic E-state index is -4.13. The second kappa shape index (κ2) is 14.3. The van der Waals surface area contributed by atoms with Crippen LogP contribution in [0.2, 0.25) is 5.02 Å².